The van der Waals surface area contributed by atoms with Gasteiger partial charge in [-0.25, -0.2) is 13.4 Å². The molecule has 6 heteroatoms. The first kappa shape index (κ1) is 17.9. The third kappa shape index (κ3) is 4.03. The third-order valence-electron chi connectivity index (χ3n) is 4.21. The van der Waals surface area contributed by atoms with E-state index >= 15 is 0 Å². The van der Waals surface area contributed by atoms with Crippen LogP contribution in [0.5, 0.6) is 0 Å². The van der Waals surface area contributed by atoms with Gasteiger partial charge in [-0.05, 0) is 62.2 Å². The smallest absolute Gasteiger partial charge is 0.261 e. The molecule has 1 aromatic heterocycles. The van der Waals surface area contributed by atoms with Gasteiger partial charge in [0.2, 0.25) is 0 Å². The predicted octanol–water partition coefficient (Wildman–Crippen LogP) is 4.55. The quantitative estimate of drug-likeness (QED) is 0.694. The molecule has 0 bridgehead atoms. The lowest BCUT2D eigenvalue weighted by Gasteiger charge is -2.12. The monoisotopic (exact) mass is 367 g/mol. The normalized spacial score (nSPS) is 11.2. The van der Waals surface area contributed by atoms with Gasteiger partial charge in [0.05, 0.1) is 16.8 Å². The van der Waals surface area contributed by atoms with Crippen molar-refractivity contribution in [2.75, 3.05) is 10.0 Å². The number of hydrogen-bond acceptors (Lipinski definition) is 4. The van der Waals surface area contributed by atoms with Crippen LogP contribution in [0.3, 0.4) is 0 Å². The highest BCUT2D eigenvalue weighted by atomic mass is 32.2. The fraction of sp³-hybridized carbons (Fsp3) is 0.150. The van der Waals surface area contributed by atoms with Gasteiger partial charge in [-0.15, -0.1) is 0 Å². The lowest BCUT2D eigenvalue weighted by molar-refractivity contribution is 0.601. The molecular weight excluding hydrogens is 346 g/mol. The fourth-order valence-electron chi connectivity index (χ4n) is 2.48. The average molecular weight is 367 g/mol. The lowest BCUT2D eigenvalue weighted by atomic mass is 10.1. The van der Waals surface area contributed by atoms with Crippen LogP contribution in [-0.2, 0) is 10.0 Å². The van der Waals surface area contributed by atoms with Gasteiger partial charge in [0.1, 0.15) is 5.82 Å². The number of anilines is 3. The van der Waals surface area contributed by atoms with Crippen molar-refractivity contribution in [3.63, 3.8) is 0 Å². The van der Waals surface area contributed by atoms with E-state index in [1.807, 2.05) is 26.0 Å². The first-order valence-electron chi connectivity index (χ1n) is 8.24. The summed E-state index contributed by atoms with van der Waals surface area (Å²) in [4.78, 5) is 4.52. The van der Waals surface area contributed by atoms with Gasteiger partial charge >= 0.3 is 0 Å². The molecule has 2 N–H and O–H groups in total. The van der Waals surface area contributed by atoms with Crippen LogP contribution in [0.4, 0.5) is 17.2 Å². The zero-order chi connectivity index (χ0) is 18.7. The maximum atomic E-state index is 12.4. The number of aryl methyl sites for hydroxylation is 2. The molecular formula is C20H21N3O2S. The van der Waals surface area contributed by atoms with Crippen LogP contribution < -0.4 is 10.0 Å². The van der Waals surface area contributed by atoms with Crippen molar-refractivity contribution < 1.29 is 8.42 Å². The van der Waals surface area contributed by atoms with E-state index in [0.29, 0.717) is 11.5 Å². The zero-order valence-electron chi connectivity index (χ0n) is 14.9. The molecule has 2 aromatic carbocycles. The Hall–Kier alpha value is -2.86. The SMILES string of the molecule is Cc1ccc(S(=O)(=O)Nc2ccc(Nc3cccc(C)c3C)nc2)cc1. The summed E-state index contributed by atoms with van der Waals surface area (Å²) in [6.07, 6.45) is 1.50. The lowest BCUT2D eigenvalue weighted by Crippen LogP contribution is -2.13. The Bertz CT molecular complexity index is 1010. The number of nitrogens with zero attached hydrogens (tertiary/aromatic N) is 1. The fourth-order valence-corrected chi connectivity index (χ4v) is 3.53. The summed E-state index contributed by atoms with van der Waals surface area (Å²) < 4.78 is 27.4. The van der Waals surface area contributed by atoms with E-state index in [9.17, 15) is 8.42 Å². The second-order valence-corrected chi connectivity index (χ2v) is 7.91. The highest BCUT2D eigenvalue weighted by Gasteiger charge is 2.14. The number of hydrogen-bond donors (Lipinski definition) is 2. The number of aromatic nitrogens is 1. The molecule has 1 heterocycles. The number of pyridine rings is 1. The molecule has 3 rings (SSSR count). The highest BCUT2D eigenvalue weighted by Crippen LogP contribution is 2.23. The summed E-state index contributed by atoms with van der Waals surface area (Å²) in [7, 11) is -3.62. The molecule has 0 radical (unpaired) electrons. The molecule has 0 saturated carbocycles. The van der Waals surface area contributed by atoms with Crippen molar-refractivity contribution in [2.45, 2.75) is 25.7 Å². The van der Waals surface area contributed by atoms with Crippen LogP contribution >= 0.6 is 0 Å². The number of rotatable bonds is 5. The Kier molecular flexibility index (Phi) is 4.95. The molecule has 0 amide bonds. The van der Waals surface area contributed by atoms with Gasteiger partial charge in [0.15, 0.2) is 0 Å². The van der Waals surface area contributed by atoms with Gasteiger partial charge < -0.3 is 5.32 Å². The maximum absolute atomic E-state index is 12.4. The van der Waals surface area contributed by atoms with Gasteiger partial charge in [0, 0.05) is 5.69 Å². The van der Waals surface area contributed by atoms with E-state index in [2.05, 4.69) is 28.0 Å². The van der Waals surface area contributed by atoms with Crippen molar-refractivity contribution >= 4 is 27.2 Å². The molecule has 5 nitrogen and oxygen atoms in total. The minimum absolute atomic E-state index is 0.223. The Balaban J connectivity index is 1.75. The van der Waals surface area contributed by atoms with Crippen LogP contribution in [0.2, 0.25) is 0 Å². The van der Waals surface area contributed by atoms with E-state index in [1.54, 1.807) is 36.4 Å². The van der Waals surface area contributed by atoms with Crippen molar-refractivity contribution in [3.8, 4) is 0 Å². The Morgan fingerprint density at radius 3 is 2.27 bits per heavy atom. The molecule has 0 saturated heterocycles. The van der Waals surface area contributed by atoms with Gasteiger partial charge in [-0.2, -0.15) is 0 Å². The molecule has 26 heavy (non-hydrogen) atoms. The van der Waals surface area contributed by atoms with E-state index in [1.165, 1.54) is 11.8 Å². The molecule has 0 spiro atoms. The summed E-state index contributed by atoms with van der Waals surface area (Å²) in [5.74, 6) is 0.650. The Morgan fingerprint density at radius 2 is 1.62 bits per heavy atom. The molecule has 0 aliphatic carbocycles. The maximum Gasteiger partial charge on any atom is 0.261 e. The number of sulfonamides is 1. The highest BCUT2D eigenvalue weighted by molar-refractivity contribution is 7.92. The average Bonchev–Trinajstić information content (AvgIpc) is 2.61. The molecule has 0 unspecified atom stereocenters. The van der Waals surface area contributed by atoms with E-state index in [0.717, 1.165) is 16.8 Å². The summed E-state index contributed by atoms with van der Waals surface area (Å²) >= 11 is 0. The van der Waals surface area contributed by atoms with E-state index < -0.39 is 10.0 Å². The molecule has 0 atom stereocenters. The Labute approximate surface area is 154 Å². The first-order chi connectivity index (χ1) is 12.3. The van der Waals surface area contributed by atoms with Crippen molar-refractivity contribution in [3.05, 3.63) is 77.5 Å². The molecule has 3 aromatic rings. The minimum atomic E-state index is -3.62. The summed E-state index contributed by atoms with van der Waals surface area (Å²) in [6, 6.07) is 16.2. The van der Waals surface area contributed by atoms with E-state index in [4.69, 9.17) is 0 Å². The van der Waals surface area contributed by atoms with Crippen molar-refractivity contribution in [1.29, 1.82) is 0 Å². The zero-order valence-corrected chi connectivity index (χ0v) is 15.8. The van der Waals surface area contributed by atoms with Gasteiger partial charge in [-0.1, -0.05) is 29.8 Å². The van der Waals surface area contributed by atoms with Gasteiger partial charge in [-0.3, -0.25) is 4.72 Å². The van der Waals surface area contributed by atoms with Crippen molar-refractivity contribution in [1.82, 2.24) is 4.98 Å². The second-order valence-electron chi connectivity index (χ2n) is 6.22. The third-order valence-corrected chi connectivity index (χ3v) is 5.61. The molecule has 0 fully saturated rings. The van der Waals surface area contributed by atoms with Crippen LogP contribution in [0.25, 0.3) is 0 Å². The van der Waals surface area contributed by atoms with E-state index in [-0.39, 0.29) is 4.90 Å². The first-order valence-corrected chi connectivity index (χ1v) is 9.72. The molecule has 0 aliphatic heterocycles. The molecule has 134 valence electrons. The summed E-state index contributed by atoms with van der Waals surface area (Å²) in [6.45, 7) is 6.01. The predicted molar refractivity (Wildman–Crippen MR) is 105 cm³/mol. The van der Waals surface area contributed by atoms with Crippen LogP contribution in [0.1, 0.15) is 16.7 Å². The van der Waals surface area contributed by atoms with Gasteiger partial charge in [0.25, 0.3) is 10.0 Å². The topological polar surface area (TPSA) is 71.1 Å². The Morgan fingerprint density at radius 1 is 0.885 bits per heavy atom. The minimum Gasteiger partial charge on any atom is -0.340 e. The van der Waals surface area contributed by atoms with Crippen LogP contribution in [0.15, 0.2) is 65.7 Å². The summed E-state index contributed by atoms with van der Waals surface area (Å²) in [5, 5.41) is 3.25. The van der Waals surface area contributed by atoms with Crippen LogP contribution in [-0.4, -0.2) is 13.4 Å². The van der Waals surface area contributed by atoms with Crippen LogP contribution in [0, 0.1) is 20.8 Å². The largest absolute Gasteiger partial charge is 0.340 e. The second kappa shape index (κ2) is 7.17. The number of nitrogens with one attached hydrogen (secondary N) is 2. The summed E-state index contributed by atoms with van der Waals surface area (Å²) in [5.41, 5.74) is 4.74. The number of benzene rings is 2. The van der Waals surface area contributed by atoms with Crippen molar-refractivity contribution in [2.24, 2.45) is 0 Å². The standard InChI is InChI=1S/C20H21N3O2S/c1-14-7-10-18(11-8-14)26(24,25)23-17-9-12-20(21-13-17)22-19-6-4-5-15(2)16(19)3/h4-13,23H,1-3H3,(H,21,22). The molecule has 0 aliphatic rings.